The summed E-state index contributed by atoms with van der Waals surface area (Å²) in [6, 6.07) is 24.6. The Balaban J connectivity index is 1.40. The van der Waals surface area contributed by atoms with Crippen LogP contribution in [0.5, 0.6) is 0 Å². The summed E-state index contributed by atoms with van der Waals surface area (Å²) in [5, 5.41) is 3.27. The highest BCUT2D eigenvalue weighted by Crippen LogP contribution is 2.60. The van der Waals surface area contributed by atoms with E-state index in [0.29, 0.717) is 0 Å². The molecule has 0 saturated carbocycles. The summed E-state index contributed by atoms with van der Waals surface area (Å²) in [6.07, 6.45) is 0. The van der Waals surface area contributed by atoms with Crippen molar-refractivity contribution in [2.75, 3.05) is 12.0 Å². The lowest BCUT2D eigenvalue weighted by atomic mass is 9.55. The molecule has 3 aliphatic carbocycles. The molecule has 0 aromatic heterocycles. The van der Waals surface area contributed by atoms with E-state index in [-0.39, 0.29) is 42.2 Å². The number of rotatable bonds is 3. The van der Waals surface area contributed by atoms with Crippen LogP contribution < -0.4 is 5.32 Å². The van der Waals surface area contributed by atoms with E-state index in [9.17, 15) is 9.59 Å². The zero-order valence-electron chi connectivity index (χ0n) is 16.7. The van der Waals surface area contributed by atoms with Gasteiger partial charge in [-0.15, -0.1) is 0 Å². The third-order valence-electron chi connectivity index (χ3n) is 7.00. The monoisotopic (exact) mass is 394 g/mol. The van der Waals surface area contributed by atoms with Gasteiger partial charge in [-0.05, 0) is 46.9 Å². The van der Waals surface area contributed by atoms with Crippen LogP contribution in [0, 0.1) is 18.8 Å². The van der Waals surface area contributed by atoms with E-state index in [2.05, 4.69) is 29.6 Å². The third-order valence-corrected chi connectivity index (χ3v) is 7.00. The van der Waals surface area contributed by atoms with Gasteiger partial charge in [0.1, 0.15) is 0 Å². The van der Waals surface area contributed by atoms with Crippen molar-refractivity contribution in [3.8, 4) is 0 Å². The Morgan fingerprint density at radius 1 is 0.733 bits per heavy atom. The number of carbonyl (C=O) groups is 2. The number of anilines is 1. The van der Waals surface area contributed by atoms with Gasteiger partial charge in [-0.3, -0.25) is 14.5 Å². The number of likely N-dealkylation sites (tertiary alicyclic amines) is 1. The van der Waals surface area contributed by atoms with Crippen molar-refractivity contribution < 1.29 is 9.59 Å². The summed E-state index contributed by atoms with van der Waals surface area (Å²) in [4.78, 5) is 28.5. The van der Waals surface area contributed by atoms with E-state index in [1.165, 1.54) is 27.2 Å². The van der Waals surface area contributed by atoms with Crippen LogP contribution in [0.25, 0.3) is 0 Å². The standard InChI is InChI=1S/C26H22N2O2/c1-15-7-6-8-16(13-15)27-14-28-25(29)23-21-17-9-2-3-10-18(17)22(24(23)26(28)30)20-12-5-4-11-19(20)21/h2-13,21-24,27H,14H2,1H3/t21?,22?,23-,24-/m1/s1. The average molecular weight is 394 g/mol. The number of benzene rings is 3. The first-order valence-electron chi connectivity index (χ1n) is 10.5. The lowest BCUT2D eigenvalue weighted by Gasteiger charge is -2.45. The number of aryl methyl sites for hydroxylation is 1. The van der Waals surface area contributed by atoms with Crippen molar-refractivity contribution >= 4 is 17.5 Å². The molecular formula is C26H22N2O2. The number of nitrogens with one attached hydrogen (secondary N) is 1. The lowest BCUT2D eigenvalue weighted by Crippen LogP contribution is -2.41. The molecule has 1 N–H and O–H groups in total. The number of carbonyl (C=O) groups excluding carboxylic acids is 2. The molecule has 4 nitrogen and oxygen atoms in total. The normalized spacial score (nSPS) is 25.7. The van der Waals surface area contributed by atoms with E-state index in [0.717, 1.165) is 11.3 Å². The minimum absolute atomic E-state index is 0.0483. The maximum Gasteiger partial charge on any atom is 0.235 e. The average Bonchev–Trinajstić information content (AvgIpc) is 3.03. The molecule has 1 heterocycles. The third kappa shape index (κ3) is 2.28. The van der Waals surface area contributed by atoms with Crippen LogP contribution in [0.2, 0.25) is 0 Å². The molecule has 0 spiro atoms. The minimum atomic E-state index is -0.313. The van der Waals surface area contributed by atoms with Gasteiger partial charge in [-0.1, -0.05) is 60.7 Å². The van der Waals surface area contributed by atoms with E-state index in [1.807, 2.05) is 55.5 Å². The molecule has 7 rings (SSSR count). The molecule has 1 aliphatic heterocycles. The van der Waals surface area contributed by atoms with Crippen molar-refractivity contribution in [2.45, 2.75) is 18.8 Å². The number of hydrogen-bond donors (Lipinski definition) is 1. The summed E-state index contributed by atoms with van der Waals surface area (Å²) in [5.74, 6) is -0.827. The van der Waals surface area contributed by atoms with Gasteiger partial charge in [-0.2, -0.15) is 0 Å². The molecule has 1 fully saturated rings. The number of amides is 2. The van der Waals surface area contributed by atoms with Gasteiger partial charge in [-0.25, -0.2) is 0 Å². The molecule has 2 atom stereocenters. The second-order valence-electron chi connectivity index (χ2n) is 8.57. The molecule has 1 saturated heterocycles. The van der Waals surface area contributed by atoms with Crippen LogP contribution in [-0.4, -0.2) is 23.4 Å². The summed E-state index contributed by atoms with van der Waals surface area (Å²) in [6.45, 7) is 2.23. The molecule has 4 aliphatic rings. The molecule has 3 aromatic rings. The van der Waals surface area contributed by atoms with E-state index < -0.39 is 0 Å². The SMILES string of the molecule is Cc1cccc(NCN2C(=O)[C@@H]3C4c5ccccc5C(c5ccccc54)[C@H]3C2=O)c1. The fraction of sp³-hybridized carbons (Fsp3) is 0.231. The van der Waals surface area contributed by atoms with Crippen LogP contribution in [0.3, 0.4) is 0 Å². The Morgan fingerprint density at radius 2 is 1.23 bits per heavy atom. The van der Waals surface area contributed by atoms with Gasteiger partial charge < -0.3 is 5.32 Å². The van der Waals surface area contributed by atoms with Gasteiger partial charge in [0.15, 0.2) is 0 Å². The zero-order chi connectivity index (χ0) is 20.4. The number of imide groups is 1. The molecular weight excluding hydrogens is 372 g/mol. The second-order valence-corrected chi connectivity index (χ2v) is 8.57. The lowest BCUT2D eigenvalue weighted by molar-refractivity contribution is -0.139. The maximum absolute atomic E-state index is 13.5. The number of nitrogens with zero attached hydrogens (tertiary/aromatic N) is 1. The highest BCUT2D eigenvalue weighted by Gasteiger charge is 2.61. The first-order chi connectivity index (χ1) is 14.6. The quantitative estimate of drug-likeness (QED) is 0.676. The highest BCUT2D eigenvalue weighted by atomic mass is 16.2. The Labute approximate surface area is 175 Å². The maximum atomic E-state index is 13.5. The van der Waals surface area contributed by atoms with Gasteiger partial charge in [0.2, 0.25) is 11.8 Å². The topological polar surface area (TPSA) is 49.4 Å². The molecule has 148 valence electrons. The summed E-state index contributed by atoms with van der Waals surface area (Å²) >= 11 is 0. The second kappa shape index (κ2) is 6.30. The van der Waals surface area contributed by atoms with Gasteiger partial charge in [0.25, 0.3) is 0 Å². The number of hydrogen-bond acceptors (Lipinski definition) is 3. The molecule has 4 heteroatoms. The molecule has 0 radical (unpaired) electrons. The highest BCUT2D eigenvalue weighted by molar-refractivity contribution is 6.07. The Bertz CT molecular complexity index is 1090. The summed E-state index contributed by atoms with van der Waals surface area (Å²) in [5.41, 5.74) is 6.88. The summed E-state index contributed by atoms with van der Waals surface area (Å²) in [7, 11) is 0. The van der Waals surface area contributed by atoms with Crippen molar-refractivity contribution in [3.05, 3.63) is 101 Å². The van der Waals surface area contributed by atoms with E-state index in [4.69, 9.17) is 0 Å². The first-order valence-corrected chi connectivity index (χ1v) is 10.5. The van der Waals surface area contributed by atoms with Crippen LogP contribution in [0.4, 0.5) is 5.69 Å². The first kappa shape index (κ1) is 17.5. The predicted octanol–water partition coefficient (Wildman–Crippen LogP) is 4.26. The Kier molecular flexibility index (Phi) is 3.66. The molecule has 3 aromatic carbocycles. The zero-order valence-corrected chi connectivity index (χ0v) is 16.7. The molecule has 2 amide bonds. The molecule has 30 heavy (non-hydrogen) atoms. The molecule has 2 bridgehead atoms. The summed E-state index contributed by atoms with van der Waals surface area (Å²) < 4.78 is 0. The fourth-order valence-corrected chi connectivity index (χ4v) is 5.82. The fourth-order valence-electron chi connectivity index (χ4n) is 5.82. The van der Waals surface area contributed by atoms with Gasteiger partial charge in [0, 0.05) is 17.5 Å². The van der Waals surface area contributed by atoms with Crippen molar-refractivity contribution in [3.63, 3.8) is 0 Å². The minimum Gasteiger partial charge on any atom is -0.367 e. The van der Waals surface area contributed by atoms with Gasteiger partial charge >= 0.3 is 0 Å². The smallest absolute Gasteiger partial charge is 0.235 e. The van der Waals surface area contributed by atoms with Crippen molar-refractivity contribution in [1.82, 2.24) is 4.90 Å². The van der Waals surface area contributed by atoms with Crippen LogP contribution in [-0.2, 0) is 9.59 Å². The van der Waals surface area contributed by atoms with Crippen LogP contribution in [0.1, 0.15) is 39.7 Å². The van der Waals surface area contributed by atoms with Crippen molar-refractivity contribution in [2.24, 2.45) is 11.8 Å². The van der Waals surface area contributed by atoms with Gasteiger partial charge in [0.05, 0.1) is 18.5 Å². The van der Waals surface area contributed by atoms with E-state index >= 15 is 0 Å². The van der Waals surface area contributed by atoms with Crippen LogP contribution >= 0.6 is 0 Å². The van der Waals surface area contributed by atoms with E-state index in [1.54, 1.807) is 0 Å². The Hall–Kier alpha value is -3.40. The molecule has 0 unspecified atom stereocenters. The predicted molar refractivity (Wildman–Crippen MR) is 115 cm³/mol. The Morgan fingerprint density at radius 3 is 1.70 bits per heavy atom. The van der Waals surface area contributed by atoms with Crippen LogP contribution in [0.15, 0.2) is 72.8 Å². The largest absolute Gasteiger partial charge is 0.367 e. The van der Waals surface area contributed by atoms with Crippen molar-refractivity contribution in [1.29, 1.82) is 0 Å².